The average molecular weight is 504 g/mol. The van der Waals surface area contributed by atoms with Gasteiger partial charge in [-0.25, -0.2) is 4.79 Å². The number of hydrogen-bond donors (Lipinski definition) is 2. The Balaban J connectivity index is 1.47. The van der Waals surface area contributed by atoms with E-state index < -0.39 is 37.7 Å². The molecular weight excluding hydrogens is 473 g/mol. The molecule has 0 bridgehead atoms. The Kier molecular flexibility index (Phi) is 5.92. The molecule has 2 N–H and O–H groups in total. The van der Waals surface area contributed by atoms with Gasteiger partial charge in [0.15, 0.2) is 5.60 Å². The number of cyclic esters (lactones) is 1. The normalized spacial score (nSPS) is 28.0. The number of benzene rings is 1. The molecule has 35 heavy (non-hydrogen) atoms. The zero-order chi connectivity index (χ0) is 25.0. The number of nitrogens with zero attached hydrogens (tertiary/aromatic N) is 4. The van der Waals surface area contributed by atoms with Crippen LogP contribution in [0.3, 0.4) is 0 Å². The van der Waals surface area contributed by atoms with Gasteiger partial charge in [0, 0.05) is 54.2 Å². The van der Waals surface area contributed by atoms with Crippen LogP contribution in [0.25, 0.3) is 0 Å². The lowest BCUT2D eigenvalue weighted by Gasteiger charge is -2.30. The van der Waals surface area contributed by atoms with E-state index in [0.717, 1.165) is 0 Å². The first-order chi connectivity index (χ1) is 16.6. The summed E-state index contributed by atoms with van der Waals surface area (Å²) in [4.78, 5) is 27.1. The molecule has 3 aliphatic heterocycles. The summed E-state index contributed by atoms with van der Waals surface area (Å²) in [7, 11) is -3.26. The van der Waals surface area contributed by atoms with Crippen molar-refractivity contribution in [3.63, 3.8) is 0 Å². The van der Waals surface area contributed by atoms with E-state index in [1.807, 2.05) is 6.92 Å². The molecule has 2 aromatic rings. The summed E-state index contributed by atoms with van der Waals surface area (Å²) >= 11 is 0. The summed E-state index contributed by atoms with van der Waals surface area (Å²) < 4.78 is 29.0. The van der Waals surface area contributed by atoms with E-state index in [-0.39, 0.29) is 12.5 Å². The largest absolute Gasteiger partial charge is 0.447 e. The van der Waals surface area contributed by atoms with Crippen LogP contribution in [-0.4, -0.2) is 66.4 Å². The predicted octanol–water partition coefficient (Wildman–Crippen LogP) is 2.59. The second kappa shape index (κ2) is 8.68. The zero-order valence-corrected chi connectivity index (χ0v) is 21.0. The number of aliphatic hydroxyl groups excluding tert-OH is 1. The monoisotopic (exact) mass is 503 g/mol. The Bertz CT molecular complexity index is 1150. The second-order valence-corrected chi connectivity index (χ2v) is 13.8. The molecule has 12 heteroatoms. The molecule has 0 radical (unpaired) electrons. The molecular formula is C23H30FN5O5Si. The van der Waals surface area contributed by atoms with Gasteiger partial charge in [-0.2, -0.15) is 0 Å². The van der Waals surface area contributed by atoms with E-state index in [4.69, 9.17) is 14.6 Å². The first-order valence-electron chi connectivity index (χ1n) is 11.9. The molecule has 0 unspecified atom stereocenters. The van der Waals surface area contributed by atoms with Crippen molar-refractivity contribution in [3.8, 4) is 0 Å². The van der Waals surface area contributed by atoms with Gasteiger partial charge in [0.25, 0.3) is 5.91 Å². The first kappa shape index (κ1) is 23.9. The van der Waals surface area contributed by atoms with Gasteiger partial charge in [-0.3, -0.25) is 14.4 Å². The molecule has 2 amide bonds. The van der Waals surface area contributed by atoms with E-state index in [0.29, 0.717) is 55.2 Å². The van der Waals surface area contributed by atoms with Crippen molar-refractivity contribution in [2.24, 2.45) is 5.92 Å². The van der Waals surface area contributed by atoms with Crippen LogP contribution in [0, 0.1) is 5.92 Å². The highest BCUT2D eigenvalue weighted by atomic mass is 28.4. The number of carbonyl (C=O) groups excluding carboxylic acids is 2. The minimum absolute atomic E-state index is 0.0140. The fraction of sp³-hybridized carbons (Fsp3) is 0.565. The summed E-state index contributed by atoms with van der Waals surface area (Å²) in [5.74, 6) is -0.722. The number of aliphatic hydroxyl groups is 1. The lowest BCUT2D eigenvalue weighted by molar-refractivity contribution is -0.143. The van der Waals surface area contributed by atoms with Crippen LogP contribution < -0.4 is 10.2 Å². The van der Waals surface area contributed by atoms with Crippen LogP contribution >= 0.6 is 0 Å². The maximum Gasteiger partial charge on any atom is 0.414 e. The number of aromatic nitrogens is 3. The van der Waals surface area contributed by atoms with Crippen molar-refractivity contribution in [2.45, 2.75) is 56.7 Å². The van der Waals surface area contributed by atoms with Gasteiger partial charge >= 0.3 is 6.09 Å². The van der Waals surface area contributed by atoms with Crippen LogP contribution in [0.1, 0.15) is 24.6 Å². The van der Waals surface area contributed by atoms with Gasteiger partial charge in [-0.1, -0.05) is 12.1 Å². The molecule has 2 fully saturated rings. The number of nitrogens with one attached hydrogen (secondary N) is 1. The number of hydrogen-bond acceptors (Lipinski definition) is 7. The Morgan fingerprint density at radius 3 is 2.83 bits per heavy atom. The Morgan fingerprint density at radius 2 is 2.14 bits per heavy atom. The maximum atomic E-state index is 15.7. The van der Waals surface area contributed by atoms with Gasteiger partial charge < -0.3 is 24.0 Å². The smallest absolute Gasteiger partial charge is 0.414 e. The Hall–Kier alpha value is -2.83. The van der Waals surface area contributed by atoms with Gasteiger partial charge in [0.2, 0.25) is 8.41 Å². The highest BCUT2D eigenvalue weighted by Gasteiger charge is 2.65. The quantitative estimate of drug-likeness (QED) is 0.440. The number of carbonyl (C=O) groups is 2. The third kappa shape index (κ3) is 3.93. The van der Waals surface area contributed by atoms with Gasteiger partial charge in [0.1, 0.15) is 6.61 Å². The van der Waals surface area contributed by atoms with Crippen molar-refractivity contribution < 1.29 is 28.3 Å². The van der Waals surface area contributed by atoms with Crippen LogP contribution in [-0.2, 0) is 32.8 Å². The van der Waals surface area contributed by atoms with E-state index in [1.54, 1.807) is 42.2 Å². The minimum Gasteiger partial charge on any atom is -0.447 e. The molecule has 1 aromatic heterocycles. The molecule has 1 spiro atoms. The molecule has 3 aliphatic rings. The highest BCUT2D eigenvalue weighted by molar-refractivity contribution is 6.72. The van der Waals surface area contributed by atoms with Gasteiger partial charge in [-0.05, 0) is 37.7 Å². The molecule has 1 aromatic carbocycles. The van der Waals surface area contributed by atoms with Crippen LogP contribution in [0.15, 0.2) is 24.4 Å². The predicted molar refractivity (Wildman–Crippen MR) is 127 cm³/mol. The van der Waals surface area contributed by atoms with Gasteiger partial charge in [-0.15, -0.1) is 5.10 Å². The zero-order valence-electron chi connectivity index (χ0n) is 20.0. The topological polar surface area (TPSA) is 119 Å². The molecule has 10 nitrogen and oxygen atoms in total. The van der Waals surface area contributed by atoms with E-state index in [1.165, 1.54) is 4.90 Å². The fourth-order valence-electron chi connectivity index (χ4n) is 5.86. The number of fused-ring (bicyclic) bond motifs is 2. The number of ether oxygens (including phenoxy) is 2. The molecule has 4 atom stereocenters. The van der Waals surface area contributed by atoms with Crippen LogP contribution in [0.5, 0.6) is 0 Å². The molecule has 2 saturated heterocycles. The summed E-state index contributed by atoms with van der Waals surface area (Å²) in [6.07, 6.45) is 1.70. The SMILES string of the molecule is C[C@H]1[C@H]([Si](C)(C)F)[C@@H](CCn2cc(CCO)nn2)O[C@]12C(=O)Nc1ccc(N3CCOC3=O)cc12. The number of aryl methyl sites for hydroxylation is 1. The van der Waals surface area contributed by atoms with Crippen molar-refractivity contribution in [3.05, 3.63) is 35.7 Å². The van der Waals surface area contributed by atoms with E-state index in [2.05, 4.69) is 15.6 Å². The summed E-state index contributed by atoms with van der Waals surface area (Å²) in [6.45, 7) is 6.36. The van der Waals surface area contributed by atoms with Gasteiger partial charge in [0.05, 0.1) is 18.3 Å². The van der Waals surface area contributed by atoms with E-state index in [9.17, 15) is 9.59 Å². The highest BCUT2D eigenvalue weighted by Crippen LogP contribution is 2.59. The lowest BCUT2D eigenvalue weighted by atomic mass is 9.82. The Morgan fingerprint density at radius 1 is 1.34 bits per heavy atom. The van der Waals surface area contributed by atoms with Crippen molar-refractivity contribution in [1.29, 1.82) is 0 Å². The van der Waals surface area contributed by atoms with Crippen molar-refractivity contribution in [2.75, 3.05) is 30.0 Å². The molecule has 5 rings (SSSR count). The fourth-order valence-corrected chi connectivity index (χ4v) is 8.40. The molecule has 0 saturated carbocycles. The first-order valence-corrected chi connectivity index (χ1v) is 14.9. The van der Waals surface area contributed by atoms with E-state index >= 15 is 4.11 Å². The number of anilines is 2. The molecule has 0 aliphatic carbocycles. The summed E-state index contributed by atoms with van der Waals surface area (Å²) in [6, 6.07) is 5.32. The number of halogens is 1. The van der Waals surface area contributed by atoms with Crippen LogP contribution in [0.2, 0.25) is 18.6 Å². The number of rotatable bonds is 7. The number of amides is 2. The standard InChI is InChI=1S/C23H30FN5O5Si/c1-14-20(35(2,3)24)19(6-8-28-13-15(7-10-30)26-27-28)34-23(14)17-12-16(29-9-11-33-22(29)32)4-5-18(17)25-21(23)31/h4-5,12-14,19-20,30H,6-11H2,1-3H3,(H,25,31)/t14-,19+,20-,23+/m0/s1. The third-order valence-corrected chi connectivity index (χ3v) is 9.83. The molecule has 188 valence electrons. The Labute approximate surface area is 203 Å². The van der Waals surface area contributed by atoms with Crippen molar-refractivity contribution in [1.82, 2.24) is 15.0 Å². The second-order valence-electron chi connectivity index (χ2n) is 9.96. The average Bonchev–Trinajstić information content (AvgIpc) is 3.54. The minimum atomic E-state index is -3.26. The molecule has 4 heterocycles. The third-order valence-electron chi connectivity index (χ3n) is 7.37. The maximum absolute atomic E-state index is 15.7. The lowest BCUT2D eigenvalue weighted by Crippen LogP contribution is -2.42. The van der Waals surface area contributed by atoms with Crippen LogP contribution in [0.4, 0.5) is 20.3 Å². The summed E-state index contributed by atoms with van der Waals surface area (Å²) in [5, 5.41) is 20.2. The van der Waals surface area contributed by atoms with Crippen molar-refractivity contribution >= 4 is 31.8 Å². The summed E-state index contributed by atoms with van der Waals surface area (Å²) in [5.41, 5.74) is 0.766.